The number of furan rings is 1. The van der Waals surface area contributed by atoms with Crippen LogP contribution in [0.15, 0.2) is 22.8 Å². The summed E-state index contributed by atoms with van der Waals surface area (Å²) in [5, 5.41) is 0. The van der Waals surface area contributed by atoms with E-state index in [4.69, 9.17) is 9.15 Å². The van der Waals surface area contributed by atoms with E-state index in [0.29, 0.717) is 13.2 Å². The topological polar surface area (TPSA) is 42.7 Å². The molecule has 0 aromatic carbocycles. The average Bonchev–Trinajstić information content (AvgIpc) is 2.96. The maximum Gasteiger partial charge on any atom is 0.251 e. The number of likely N-dealkylation sites (N-methyl/N-ethyl adjacent to an activating group) is 1. The van der Waals surface area contributed by atoms with Crippen LogP contribution in [-0.4, -0.2) is 37.1 Å². The van der Waals surface area contributed by atoms with Crippen LogP contribution in [0.1, 0.15) is 18.6 Å². The Morgan fingerprint density at radius 2 is 2.50 bits per heavy atom. The lowest BCUT2D eigenvalue weighted by Crippen LogP contribution is -2.37. The molecule has 0 spiro atoms. The summed E-state index contributed by atoms with van der Waals surface area (Å²) in [5.74, 6) is 0.996. The molecule has 1 aliphatic rings. The summed E-state index contributed by atoms with van der Waals surface area (Å²) in [7, 11) is 1.81. The van der Waals surface area contributed by atoms with Gasteiger partial charge in [0, 0.05) is 26.6 Å². The Kier molecular flexibility index (Phi) is 3.62. The zero-order valence-corrected chi connectivity index (χ0v) is 9.52. The molecule has 4 nitrogen and oxygen atoms in total. The van der Waals surface area contributed by atoms with Crippen molar-refractivity contribution in [2.24, 2.45) is 0 Å². The zero-order chi connectivity index (χ0) is 11.4. The quantitative estimate of drug-likeness (QED) is 0.776. The van der Waals surface area contributed by atoms with E-state index in [1.807, 2.05) is 19.2 Å². The van der Waals surface area contributed by atoms with E-state index in [0.717, 1.165) is 25.0 Å². The molecule has 0 aliphatic carbocycles. The van der Waals surface area contributed by atoms with Gasteiger partial charge >= 0.3 is 0 Å². The summed E-state index contributed by atoms with van der Waals surface area (Å²) < 4.78 is 10.6. The highest BCUT2D eigenvalue weighted by Crippen LogP contribution is 2.14. The van der Waals surface area contributed by atoms with Gasteiger partial charge in [-0.3, -0.25) is 4.79 Å². The molecular weight excluding hydrogens is 206 g/mol. The highest BCUT2D eigenvalue weighted by molar-refractivity contribution is 5.80. The number of hydrogen-bond donors (Lipinski definition) is 0. The third-order valence-corrected chi connectivity index (χ3v) is 2.86. The second-order valence-electron chi connectivity index (χ2n) is 4.09. The third kappa shape index (κ3) is 2.64. The van der Waals surface area contributed by atoms with Crippen molar-refractivity contribution >= 4 is 5.91 Å². The standard InChI is InChI=1S/C12H17NO3/c1-13(7-6-10-4-2-8-15-10)12(14)11-5-3-9-16-11/h2,4,8,11H,3,5-7,9H2,1H3. The van der Waals surface area contributed by atoms with E-state index >= 15 is 0 Å². The van der Waals surface area contributed by atoms with Crippen molar-refractivity contribution in [3.63, 3.8) is 0 Å². The molecule has 1 aliphatic heterocycles. The van der Waals surface area contributed by atoms with Crippen LogP contribution >= 0.6 is 0 Å². The lowest BCUT2D eigenvalue weighted by atomic mass is 10.2. The Morgan fingerprint density at radius 3 is 3.12 bits per heavy atom. The summed E-state index contributed by atoms with van der Waals surface area (Å²) in [6, 6.07) is 3.78. The molecule has 0 bridgehead atoms. The second kappa shape index (κ2) is 5.16. The number of ether oxygens (including phenoxy) is 1. The van der Waals surface area contributed by atoms with E-state index in [1.54, 1.807) is 11.2 Å². The molecular formula is C12H17NO3. The minimum absolute atomic E-state index is 0.0871. The molecule has 2 rings (SSSR count). The van der Waals surface area contributed by atoms with Gasteiger partial charge in [0.05, 0.1) is 6.26 Å². The fourth-order valence-electron chi connectivity index (χ4n) is 1.86. The van der Waals surface area contributed by atoms with Crippen molar-refractivity contribution in [2.45, 2.75) is 25.4 Å². The molecule has 1 amide bonds. The van der Waals surface area contributed by atoms with Crippen molar-refractivity contribution in [3.05, 3.63) is 24.2 Å². The van der Waals surface area contributed by atoms with Gasteiger partial charge in [0.2, 0.25) is 0 Å². The van der Waals surface area contributed by atoms with Gasteiger partial charge in [0.15, 0.2) is 0 Å². The minimum Gasteiger partial charge on any atom is -0.469 e. The summed E-state index contributed by atoms with van der Waals surface area (Å²) in [4.78, 5) is 13.6. The summed E-state index contributed by atoms with van der Waals surface area (Å²) in [6.07, 6.45) is 4.02. The number of carbonyl (C=O) groups is 1. The smallest absolute Gasteiger partial charge is 0.251 e. The van der Waals surface area contributed by atoms with Gasteiger partial charge in [-0.25, -0.2) is 0 Å². The lowest BCUT2D eigenvalue weighted by molar-refractivity contribution is -0.139. The highest BCUT2D eigenvalue weighted by Gasteiger charge is 2.26. The van der Waals surface area contributed by atoms with E-state index < -0.39 is 0 Å². The van der Waals surface area contributed by atoms with E-state index in [1.165, 1.54) is 0 Å². The Morgan fingerprint density at radius 1 is 1.62 bits per heavy atom. The van der Waals surface area contributed by atoms with Crippen LogP contribution < -0.4 is 0 Å². The first kappa shape index (κ1) is 11.2. The average molecular weight is 223 g/mol. The molecule has 1 saturated heterocycles. The number of amides is 1. The van der Waals surface area contributed by atoms with Crippen LogP contribution in [0.25, 0.3) is 0 Å². The first-order valence-electron chi connectivity index (χ1n) is 5.66. The molecule has 88 valence electrons. The Bertz CT molecular complexity index is 328. The molecule has 1 aromatic rings. The van der Waals surface area contributed by atoms with Crippen molar-refractivity contribution in [3.8, 4) is 0 Å². The van der Waals surface area contributed by atoms with Gasteiger partial charge in [-0.1, -0.05) is 0 Å². The van der Waals surface area contributed by atoms with Crippen LogP contribution in [0.5, 0.6) is 0 Å². The molecule has 0 saturated carbocycles. The predicted octanol–water partition coefficient (Wildman–Crippen LogP) is 1.46. The fourth-order valence-corrected chi connectivity index (χ4v) is 1.86. The van der Waals surface area contributed by atoms with Gasteiger partial charge in [-0.2, -0.15) is 0 Å². The van der Waals surface area contributed by atoms with E-state index in [-0.39, 0.29) is 12.0 Å². The maximum atomic E-state index is 11.9. The Balaban J connectivity index is 1.78. The van der Waals surface area contributed by atoms with Gasteiger partial charge in [0.1, 0.15) is 11.9 Å². The van der Waals surface area contributed by atoms with E-state index in [9.17, 15) is 4.79 Å². The molecule has 1 unspecified atom stereocenters. The fraction of sp³-hybridized carbons (Fsp3) is 0.583. The number of carbonyl (C=O) groups excluding carboxylic acids is 1. The van der Waals surface area contributed by atoms with Gasteiger partial charge in [0.25, 0.3) is 5.91 Å². The van der Waals surface area contributed by atoms with Crippen LogP contribution in [-0.2, 0) is 16.0 Å². The van der Waals surface area contributed by atoms with Gasteiger partial charge in [-0.15, -0.1) is 0 Å². The van der Waals surface area contributed by atoms with Gasteiger partial charge in [-0.05, 0) is 25.0 Å². The van der Waals surface area contributed by atoms with Crippen LogP contribution in [0.3, 0.4) is 0 Å². The summed E-state index contributed by atoms with van der Waals surface area (Å²) >= 11 is 0. The number of hydrogen-bond acceptors (Lipinski definition) is 3. The molecule has 16 heavy (non-hydrogen) atoms. The van der Waals surface area contributed by atoms with Crippen molar-refractivity contribution in [1.82, 2.24) is 4.90 Å². The summed E-state index contributed by atoms with van der Waals surface area (Å²) in [5.41, 5.74) is 0. The molecule has 1 fully saturated rings. The highest BCUT2D eigenvalue weighted by atomic mass is 16.5. The monoisotopic (exact) mass is 223 g/mol. The Labute approximate surface area is 95.2 Å². The predicted molar refractivity (Wildman–Crippen MR) is 59.0 cm³/mol. The van der Waals surface area contributed by atoms with Crippen LogP contribution in [0, 0.1) is 0 Å². The van der Waals surface area contributed by atoms with Crippen molar-refractivity contribution in [1.29, 1.82) is 0 Å². The first-order chi connectivity index (χ1) is 7.77. The molecule has 0 radical (unpaired) electrons. The largest absolute Gasteiger partial charge is 0.469 e. The van der Waals surface area contributed by atoms with Crippen molar-refractivity contribution in [2.75, 3.05) is 20.2 Å². The van der Waals surface area contributed by atoms with Crippen LogP contribution in [0.2, 0.25) is 0 Å². The number of rotatable bonds is 4. The SMILES string of the molecule is CN(CCc1ccco1)C(=O)C1CCCO1. The van der Waals surface area contributed by atoms with Gasteiger partial charge < -0.3 is 14.1 Å². The molecule has 1 aromatic heterocycles. The Hall–Kier alpha value is -1.29. The molecule has 4 heteroatoms. The van der Waals surface area contributed by atoms with Crippen LogP contribution in [0.4, 0.5) is 0 Å². The number of nitrogens with zero attached hydrogens (tertiary/aromatic N) is 1. The normalized spacial score (nSPS) is 19.9. The summed E-state index contributed by atoms with van der Waals surface area (Å²) in [6.45, 7) is 1.38. The second-order valence-corrected chi connectivity index (χ2v) is 4.09. The van der Waals surface area contributed by atoms with Crippen molar-refractivity contribution < 1.29 is 13.9 Å². The maximum absolute atomic E-state index is 11.9. The first-order valence-corrected chi connectivity index (χ1v) is 5.66. The molecule has 1 atom stereocenters. The molecule has 2 heterocycles. The zero-order valence-electron chi connectivity index (χ0n) is 9.52. The van der Waals surface area contributed by atoms with E-state index in [2.05, 4.69) is 0 Å². The lowest BCUT2D eigenvalue weighted by Gasteiger charge is -2.19. The third-order valence-electron chi connectivity index (χ3n) is 2.86. The molecule has 0 N–H and O–H groups in total. The minimum atomic E-state index is -0.221.